The number of anilines is 1. The smallest absolute Gasteiger partial charge is 0.364 e. The molecule has 3 rings (SSSR count). The predicted molar refractivity (Wildman–Crippen MR) is 94.7 cm³/mol. The molecule has 0 bridgehead atoms. The second kappa shape index (κ2) is 7.86. The van der Waals surface area contributed by atoms with Crippen molar-refractivity contribution in [2.24, 2.45) is 5.73 Å². The highest BCUT2D eigenvalue weighted by molar-refractivity contribution is 5.81. The second-order valence-electron chi connectivity index (χ2n) is 6.36. The largest absolute Gasteiger partial charge is 0.414 e. The molecule has 2 aromatic rings. The van der Waals surface area contributed by atoms with Gasteiger partial charge in [-0.05, 0) is 61.0 Å². The average Bonchev–Trinajstić information content (AvgIpc) is 3.01. The molecule has 150 valence electrons. The molecule has 2 atom stereocenters. The predicted octanol–water partition coefficient (Wildman–Crippen LogP) is 4.08. The normalized spacial score (nSPS) is 18.3. The molecule has 1 unspecified atom stereocenters. The molecule has 0 fully saturated rings. The SMILES string of the molecule is C[C@@H](OCc1cc(F)cc(C2=CC(N)NN2c2ccc(F)cc2)c1)C(F)(F)F. The summed E-state index contributed by atoms with van der Waals surface area (Å²) >= 11 is 0. The summed E-state index contributed by atoms with van der Waals surface area (Å²) in [5.41, 5.74) is 10.5. The van der Waals surface area contributed by atoms with Crippen molar-refractivity contribution in [3.63, 3.8) is 0 Å². The van der Waals surface area contributed by atoms with E-state index in [1.54, 1.807) is 11.1 Å². The fourth-order valence-corrected chi connectivity index (χ4v) is 2.73. The van der Waals surface area contributed by atoms with Crippen LogP contribution in [0.2, 0.25) is 0 Å². The lowest BCUT2D eigenvalue weighted by Gasteiger charge is -2.24. The standard InChI is InChI=1S/C19H18F5N3O/c1-11(19(22,23)24)28-10-12-6-13(8-15(21)7-12)17-9-18(25)26-27(17)16-4-2-14(20)3-5-16/h2-9,11,18,26H,10,25H2,1H3/t11-,18?/m1/s1. The number of ether oxygens (including phenoxy) is 1. The van der Waals surface area contributed by atoms with E-state index in [1.165, 1.54) is 36.4 Å². The third-order valence-corrected chi connectivity index (χ3v) is 4.16. The van der Waals surface area contributed by atoms with E-state index < -0.39 is 36.7 Å². The van der Waals surface area contributed by atoms with Gasteiger partial charge in [-0.2, -0.15) is 13.2 Å². The van der Waals surface area contributed by atoms with Crippen molar-refractivity contribution in [2.75, 3.05) is 5.01 Å². The van der Waals surface area contributed by atoms with Crippen LogP contribution < -0.4 is 16.2 Å². The third-order valence-electron chi connectivity index (χ3n) is 4.16. The van der Waals surface area contributed by atoms with Crippen molar-refractivity contribution in [2.45, 2.75) is 32.0 Å². The Morgan fingerprint density at radius 2 is 1.79 bits per heavy atom. The van der Waals surface area contributed by atoms with Gasteiger partial charge in [0.25, 0.3) is 0 Å². The summed E-state index contributed by atoms with van der Waals surface area (Å²) in [6.45, 7) is 0.480. The molecule has 2 aromatic carbocycles. The Morgan fingerprint density at radius 1 is 1.11 bits per heavy atom. The van der Waals surface area contributed by atoms with Crippen molar-refractivity contribution >= 4 is 11.4 Å². The molecule has 9 heteroatoms. The Balaban J connectivity index is 1.86. The van der Waals surface area contributed by atoms with Gasteiger partial charge in [0, 0.05) is 5.56 Å². The Labute approximate surface area is 158 Å². The number of rotatable bonds is 5. The van der Waals surface area contributed by atoms with E-state index in [9.17, 15) is 22.0 Å². The molecule has 0 aliphatic carbocycles. The zero-order chi connectivity index (χ0) is 20.5. The fourth-order valence-electron chi connectivity index (χ4n) is 2.73. The van der Waals surface area contributed by atoms with E-state index >= 15 is 0 Å². The van der Waals surface area contributed by atoms with Crippen molar-refractivity contribution in [1.29, 1.82) is 0 Å². The van der Waals surface area contributed by atoms with Crippen molar-refractivity contribution < 1.29 is 26.7 Å². The molecule has 1 aliphatic rings. The summed E-state index contributed by atoms with van der Waals surface area (Å²) in [6.07, 6.45) is -5.43. The minimum Gasteiger partial charge on any atom is -0.364 e. The van der Waals surface area contributed by atoms with Gasteiger partial charge in [0.05, 0.1) is 24.2 Å². The molecule has 0 spiro atoms. The molecule has 1 heterocycles. The Kier molecular flexibility index (Phi) is 5.69. The van der Waals surface area contributed by atoms with Crippen molar-refractivity contribution in [3.05, 3.63) is 71.3 Å². The van der Waals surface area contributed by atoms with Gasteiger partial charge in [-0.1, -0.05) is 0 Å². The number of nitrogens with zero attached hydrogens (tertiary/aromatic N) is 1. The lowest BCUT2D eigenvalue weighted by Crippen LogP contribution is -2.41. The Morgan fingerprint density at radius 3 is 2.43 bits per heavy atom. The summed E-state index contributed by atoms with van der Waals surface area (Å²) in [4.78, 5) is 0. The number of nitrogens with one attached hydrogen (secondary N) is 1. The molecule has 0 saturated heterocycles. The van der Waals surface area contributed by atoms with Gasteiger partial charge >= 0.3 is 6.18 Å². The number of nitrogens with two attached hydrogens (primary N) is 1. The van der Waals surface area contributed by atoms with Gasteiger partial charge in [0.1, 0.15) is 11.6 Å². The minimum atomic E-state index is -4.50. The maximum absolute atomic E-state index is 14.1. The summed E-state index contributed by atoms with van der Waals surface area (Å²) < 4.78 is 69.9. The first-order chi connectivity index (χ1) is 13.1. The topological polar surface area (TPSA) is 50.5 Å². The molecule has 4 nitrogen and oxygen atoms in total. The molecule has 0 saturated carbocycles. The zero-order valence-electron chi connectivity index (χ0n) is 14.8. The Hall–Kier alpha value is -2.49. The second-order valence-corrected chi connectivity index (χ2v) is 6.36. The van der Waals surface area contributed by atoms with E-state index in [1.807, 2.05) is 0 Å². The summed E-state index contributed by atoms with van der Waals surface area (Å²) in [5.74, 6) is -1.04. The van der Waals surface area contributed by atoms with Crippen molar-refractivity contribution in [3.8, 4) is 0 Å². The molecular formula is C19H18F5N3O. The van der Waals surface area contributed by atoms with Crippen molar-refractivity contribution in [1.82, 2.24) is 5.43 Å². The summed E-state index contributed by atoms with van der Waals surface area (Å²) in [7, 11) is 0. The summed E-state index contributed by atoms with van der Waals surface area (Å²) in [6, 6.07) is 9.43. The maximum Gasteiger partial charge on any atom is 0.414 e. The lowest BCUT2D eigenvalue weighted by molar-refractivity contribution is -0.217. The van der Waals surface area contributed by atoms with Gasteiger partial charge in [0.2, 0.25) is 0 Å². The van der Waals surface area contributed by atoms with Crippen LogP contribution in [-0.2, 0) is 11.3 Å². The molecule has 0 radical (unpaired) electrons. The van der Waals surface area contributed by atoms with Crippen LogP contribution in [0, 0.1) is 11.6 Å². The molecule has 28 heavy (non-hydrogen) atoms. The van der Waals surface area contributed by atoms with Crippen LogP contribution in [0.25, 0.3) is 5.70 Å². The first-order valence-corrected chi connectivity index (χ1v) is 8.41. The highest BCUT2D eigenvalue weighted by Crippen LogP contribution is 2.30. The van der Waals surface area contributed by atoms with E-state index in [2.05, 4.69) is 5.43 Å². The fraction of sp³-hybridized carbons (Fsp3) is 0.263. The van der Waals surface area contributed by atoms with Crippen LogP contribution in [0.1, 0.15) is 18.1 Å². The van der Waals surface area contributed by atoms with Gasteiger partial charge < -0.3 is 10.5 Å². The zero-order valence-corrected chi connectivity index (χ0v) is 14.8. The number of hydrogen-bond acceptors (Lipinski definition) is 4. The van der Waals surface area contributed by atoms with Gasteiger partial charge in [0.15, 0.2) is 6.10 Å². The third kappa shape index (κ3) is 4.67. The van der Waals surface area contributed by atoms with Crippen LogP contribution in [0.4, 0.5) is 27.6 Å². The van der Waals surface area contributed by atoms with Crippen LogP contribution >= 0.6 is 0 Å². The van der Waals surface area contributed by atoms with Gasteiger partial charge in [-0.25, -0.2) is 14.2 Å². The first-order valence-electron chi connectivity index (χ1n) is 8.41. The quantitative estimate of drug-likeness (QED) is 0.744. The van der Waals surface area contributed by atoms with E-state index in [0.29, 0.717) is 16.9 Å². The van der Waals surface area contributed by atoms with E-state index in [4.69, 9.17) is 10.5 Å². The van der Waals surface area contributed by atoms with E-state index in [-0.39, 0.29) is 5.56 Å². The van der Waals surface area contributed by atoms with E-state index in [0.717, 1.165) is 13.0 Å². The minimum absolute atomic E-state index is 0.242. The summed E-state index contributed by atoms with van der Waals surface area (Å²) in [5, 5.41) is 1.56. The highest BCUT2D eigenvalue weighted by Gasteiger charge is 2.36. The molecule has 0 aromatic heterocycles. The number of benzene rings is 2. The van der Waals surface area contributed by atoms with Gasteiger partial charge in [-0.3, -0.25) is 5.01 Å². The molecule has 0 amide bonds. The highest BCUT2D eigenvalue weighted by atomic mass is 19.4. The monoisotopic (exact) mass is 399 g/mol. The van der Waals surface area contributed by atoms with Crippen LogP contribution in [-0.4, -0.2) is 18.4 Å². The van der Waals surface area contributed by atoms with Crippen LogP contribution in [0.3, 0.4) is 0 Å². The lowest BCUT2D eigenvalue weighted by atomic mass is 10.1. The number of hydrazine groups is 1. The molecule has 3 N–H and O–H groups in total. The number of halogens is 5. The number of hydrogen-bond donors (Lipinski definition) is 2. The maximum atomic E-state index is 14.1. The Bertz CT molecular complexity index is 867. The first kappa shape index (κ1) is 20.2. The van der Waals surface area contributed by atoms with Crippen LogP contribution in [0.15, 0.2) is 48.5 Å². The van der Waals surface area contributed by atoms with Crippen LogP contribution in [0.5, 0.6) is 0 Å². The van der Waals surface area contributed by atoms with Gasteiger partial charge in [-0.15, -0.1) is 0 Å². The number of alkyl halides is 3. The molecular weight excluding hydrogens is 381 g/mol. The average molecular weight is 399 g/mol. The molecule has 1 aliphatic heterocycles.